The van der Waals surface area contributed by atoms with Crippen LogP contribution in [0.25, 0.3) is 0 Å². The van der Waals surface area contributed by atoms with Crippen molar-refractivity contribution < 1.29 is 4.79 Å². The van der Waals surface area contributed by atoms with Crippen molar-refractivity contribution in [3.63, 3.8) is 0 Å². The Hall–Kier alpha value is -1.94. The van der Waals surface area contributed by atoms with Gasteiger partial charge in [-0.1, -0.05) is 11.6 Å². The maximum Gasteiger partial charge on any atom is 0.254 e. The minimum absolute atomic E-state index is 0.239. The topological polar surface area (TPSA) is 54.9 Å². The molecule has 0 fully saturated rings. The van der Waals surface area contributed by atoms with E-state index in [2.05, 4.69) is 15.3 Å². The Morgan fingerprint density at radius 1 is 1.28 bits per heavy atom. The Labute approximate surface area is 110 Å². The highest BCUT2D eigenvalue weighted by atomic mass is 35.5. The van der Waals surface area contributed by atoms with Crippen molar-refractivity contribution in [1.29, 1.82) is 0 Å². The first-order valence-electron chi connectivity index (χ1n) is 5.45. The van der Waals surface area contributed by atoms with E-state index in [1.54, 1.807) is 24.7 Å². The predicted molar refractivity (Wildman–Crippen MR) is 69.4 cm³/mol. The lowest BCUT2D eigenvalue weighted by atomic mass is 10.1. The van der Waals surface area contributed by atoms with Crippen molar-refractivity contribution in [2.24, 2.45) is 0 Å². The smallest absolute Gasteiger partial charge is 0.254 e. The summed E-state index contributed by atoms with van der Waals surface area (Å²) in [5, 5.41) is 3.19. The molecule has 18 heavy (non-hydrogen) atoms. The van der Waals surface area contributed by atoms with Crippen LogP contribution < -0.4 is 5.32 Å². The van der Waals surface area contributed by atoms with E-state index in [1.165, 1.54) is 6.20 Å². The zero-order valence-electron chi connectivity index (χ0n) is 9.85. The molecule has 2 aromatic heterocycles. The van der Waals surface area contributed by atoms with Crippen LogP contribution in [0.5, 0.6) is 0 Å². The highest BCUT2D eigenvalue weighted by Crippen LogP contribution is 2.13. The van der Waals surface area contributed by atoms with Gasteiger partial charge in [0.1, 0.15) is 0 Å². The second kappa shape index (κ2) is 5.60. The first-order valence-corrected chi connectivity index (χ1v) is 5.83. The van der Waals surface area contributed by atoms with Crippen LogP contribution >= 0.6 is 11.6 Å². The lowest BCUT2D eigenvalue weighted by Gasteiger charge is -2.07. The molecule has 5 heteroatoms. The van der Waals surface area contributed by atoms with Crippen molar-refractivity contribution >= 4 is 17.5 Å². The number of aromatic nitrogens is 2. The molecule has 0 aliphatic carbocycles. The molecule has 2 aromatic rings. The molecule has 1 amide bonds. The monoisotopic (exact) mass is 261 g/mol. The van der Waals surface area contributed by atoms with Crippen molar-refractivity contribution in [1.82, 2.24) is 15.3 Å². The van der Waals surface area contributed by atoms with Crippen LogP contribution in [0.15, 0.2) is 36.9 Å². The lowest BCUT2D eigenvalue weighted by molar-refractivity contribution is 0.0950. The molecule has 0 atom stereocenters. The third-order valence-corrected chi connectivity index (χ3v) is 2.93. The van der Waals surface area contributed by atoms with E-state index in [-0.39, 0.29) is 5.91 Å². The molecular weight excluding hydrogens is 250 g/mol. The second-order valence-corrected chi connectivity index (χ2v) is 4.25. The van der Waals surface area contributed by atoms with E-state index >= 15 is 0 Å². The molecule has 0 saturated heterocycles. The number of nitrogens with zero attached hydrogens (tertiary/aromatic N) is 2. The zero-order chi connectivity index (χ0) is 13.0. The number of halogens is 1. The van der Waals surface area contributed by atoms with E-state index in [0.29, 0.717) is 17.1 Å². The van der Waals surface area contributed by atoms with Crippen LogP contribution in [0, 0.1) is 6.92 Å². The number of carbonyl (C=O) groups excluding carboxylic acids is 1. The molecule has 2 heterocycles. The molecule has 4 nitrogen and oxygen atoms in total. The first kappa shape index (κ1) is 12.5. The Morgan fingerprint density at radius 2 is 2.00 bits per heavy atom. The summed E-state index contributed by atoms with van der Waals surface area (Å²) in [6.45, 7) is 2.39. The van der Waals surface area contributed by atoms with Crippen LogP contribution in [0.1, 0.15) is 21.5 Å². The van der Waals surface area contributed by atoms with E-state index in [0.717, 1.165) is 11.1 Å². The quantitative estimate of drug-likeness (QED) is 0.923. The highest BCUT2D eigenvalue weighted by molar-refractivity contribution is 6.33. The van der Waals surface area contributed by atoms with Gasteiger partial charge in [0.2, 0.25) is 0 Å². The molecule has 0 saturated carbocycles. The number of pyridine rings is 2. The molecule has 1 N–H and O–H groups in total. The molecule has 0 unspecified atom stereocenters. The van der Waals surface area contributed by atoms with Gasteiger partial charge in [-0.25, -0.2) is 0 Å². The number of hydrogen-bond donors (Lipinski definition) is 1. The molecule has 0 aliphatic rings. The summed E-state index contributed by atoms with van der Waals surface area (Å²) in [6, 6.07) is 3.49. The summed E-state index contributed by atoms with van der Waals surface area (Å²) >= 11 is 5.92. The van der Waals surface area contributed by atoms with Gasteiger partial charge in [-0.2, -0.15) is 0 Å². The molecule has 92 valence electrons. The number of aryl methyl sites for hydroxylation is 1. The summed E-state index contributed by atoms with van der Waals surface area (Å²) in [7, 11) is 0. The average molecular weight is 262 g/mol. The van der Waals surface area contributed by atoms with Crippen molar-refractivity contribution in [3.8, 4) is 0 Å². The van der Waals surface area contributed by atoms with E-state index in [1.807, 2.05) is 13.0 Å². The van der Waals surface area contributed by atoms with E-state index in [9.17, 15) is 4.79 Å². The van der Waals surface area contributed by atoms with Crippen LogP contribution in [-0.4, -0.2) is 15.9 Å². The summed E-state index contributed by atoms with van der Waals surface area (Å²) in [6.07, 6.45) is 6.46. The molecule has 0 spiro atoms. The summed E-state index contributed by atoms with van der Waals surface area (Å²) in [4.78, 5) is 19.8. The number of amides is 1. The summed E-state index contributed by atoms with van der Waals surface area (Å²) < 4.78 is 0. The molecule has 0 aliphatic heterocycles. The molecule has 0 aromatic carbocycles. The minimum Gasteiger partial charge on any atom is -0.348 e. The van der Waals surface area contributed by atoms with E-state index in [4.69, 9.17) is 11.6 Å². The molecule has 2 rings (SSSR count). The Kier molecular flexibility index (Phi) is 3.89. The zero-order valence-corrected chi connectivity index (χ0v) is 10.6. The first-order chi connectivity index (χ1) is 8.68. The number of nitrogens with one attached hydrogen (secondary N) is 1. The van der Waals surface area contributed by atoms with Crippen LogP contribution in [0.4, 0.5) is 0 Å². The highest BCUT2D eigenvalue weighted by Gasteiger charge is 2.10. The summed E-state index contributed by atoms with van der Waals surface area (Å²) in [5.41, 5.74) is 2.44. The average Bonchev–Trinajstić information content (AvgIpc) is 2.38. The fourth-order valence-corrected chi connectivity index (χ4v) is 1.69. The molecule has 0 bridgehead atoms. The van der Waals surface area contributed by atoms with Crippen molar-refractivity contribution in [3.05, 3.63) is 58.6 Å². The Balaban J connectivity index is 2.06. The van der Waals surface area contributed by atoms with Gasteiger partial charge in [0, 0.05) is 31.3 Å². The molecule has 0 radical (unpaired) electrons. The lowest BCUT2D eigenvalue weighted by Crippen LogP contribution is -2.23. The van der Waals surface area contributed by atoms with E-state index < -0.39 is 0 Å². The number of carbonyl (C=O) groups is 1. The SMILES string of the molecule is Cc1ccncc1CNC(=O)c1cnccc1Cl. The molecular formula is C13H12ClN3O. The second-order valence-electron chi connectivity index (χ2n) is 3.84. The van der Waals surface area contributed by atoms with Crippen LogP contribution in [0.2, 0.25) is 5.02 Å². The fourth-order valence-electron chi connectivity index (χ4n) is 1.50. The van der Waals surface area contributed by atoms with Gasteiger partial charge in [-0.3, -0.25) is 14.8 Å². The number of rotatable bonds is 3. The van der Waals surface area contributed by atoms with Gasteiger partial charge in [-0.15, -0.1) is 0 Å². The van der Waals surface area contributed by atoms with Gasteiger partial charge < -0.3 is 5.32 Å². The van der Waals surface area contributed by atoms with Gasteiger partial charge in [0.15, 0.2) is 0 Å². The van der Waals surface area contributed by atoms with Gasteiger partial charge in [-0.05, 0) is 30.2 Å². The Morgan fingerprint density at radius 3 is 2.72 bits per heavy atom. The third-order valence-electron chi connectivity index (χ3n) is 2.60. The Bertz CT molecular complexity index is 572. The van der Waals surface area contributed by atoms with Crippen molar-refractivity contribution in [2.75, 3.05) is 0 Å². The van der Waals surface area contributed by atoms with Gasteiger partial charge >= 0.3 is 0 Å². The summed E-state index contributed by atoms with van der Waals surface area (Å²) in [5.74, 6) is -0.239. The van der Waals surface area contributed by atoms with Crippen LogP contribution in [-0.2, 0) is 6.54 Å². The third kappa shape index (κ3) is 2.84. The standard InChI is InChI=1S/C13H12ClN3O/c1-9-2-4-15-6-10(9)7-17-13(18)11-8-16-5-3-12(11)14/h2-6,8H,7H2,1H3,(H,17,18). The van der Waals surface area contributed by atoms with Gasteiger partial charge in [0.05, 0.1) is 10.6 Å². The van der Waals surface area contributed by atoms with Crippen molar-refractivity contribution in [2.45, 2.75) is 13.5 Å². The fraction of sp³-hybridized carbons (Fsp3) is 0.154. The predicted octanol–water partition coefficient (Wildman–Crippen LogP) is 2.37. The maximum atomic E-state index is 11.9. The normalized spacial score (nSPS) is 10.1. The number of hydrogen-bond acceptors (Lipinski definition) is 3. The van der Waals surface area contributed by atoms with Gasteiger partial charge in [0.25, 0.3) is 5.91 Å². The largest absolute Gasteiger partial charge is 0.348 e. The maximum absolute atomic E-state index is 11.9. The van der Waals surface area contributed by atoms with Crippen LogP contribution in [0.3, 0.4) is 0 Å². The minimum atomic E-state index is -0.239.